The summed E-state index contributed by atoms with van der Waals surface area (Å²) in [5.41, 5.74) is 0.893. The zero-order valence-electron chi connectivity index (χ0n) is 9.11. The third kappa shape index (κ3) is 3.07. The van der Waals surface area contributed by atoms with Crippen LogP contribution in [0.5, 0.6) is 0 Å². The molecule has 0 amide bonds. The molecule has 5 heteroatoms. The Hall–Kier alpha value is -1.81. The van der Waals surface area contributed by atoms with E-state index in [4.69, 9.17) is 11.6 Å². The first-order chi connectivity index (χ1) is 8.27. The van der Waals surface area contributed by atoms with E-state index in [1.54, 1.807) is 0 Å². The number of aromatic nitrogens is 2. The van der Waals surface area contributed by atoms with E-state index >= 15 is 0 Å². The van der Waals surface area contributed by atoms with Gasteiger partial charge in [0.15, 0.2) is 5.82 Å². The molecule has 1 aromatic carbocycles. The van der Waals surface area contributed by atoms with E-state index in [2.05, 4.69) is 27.4 Å². The van der Waals surface area contributed by atoms with Crippen molar-refractivity contribution >= 4 is 17.4 Å². The average Bonchev–Trinajstić information content (AvgIpc) is 2.36. The van der Waals surface area contributed by atoms with E-state index in [-0.39, 0.29) is 10.6 Å². The first kappa shape index (κ1) is 11.7. The molecule has 4 nitrogen and oxygen atoms in total. The highest BCUT2D eigenvalue weighted by molar-refractivity contribution is 6.32. The van der Waals surface area contributed by atoms with Gasteiger partial charge in [-0.3, -0.25) is 4.79 Å². The molecule has 0 radical (unpaired) electrons. The predicted octanol–water partition coefficient (Wildman–Crippen LogP) is 2.08. The second-order valence-corrected chi connectivity index (χ2v) is 3.93. The van der Waals surface area contributed by atoms with Crippen LogP contribution in [-0.4, -0.2) is 16.5 Å². The van der Waals surface area contributed by atoms with E-state index in [1.807, 2.05) is 18.2 Å². The minimum Gasteiger partial charge on any atom is -0.368 e. The molecule has 0 atom stereocenters. The first-order valence-electron chi connectivity index (χ1n) is 5.28. The Bertz CT molecular complexity index is 539. The predicted molar refractivity (Wildman–Crippen MR) is 68.5 cm³/mol. The van der Waals surface area contributed by atoms with Gasteiger partial charge in [0.1, 0.15) is 5.02 Å². The van der Waals surface area contributed by atoms with Gasteiger partial charge in [0.05, 0.1) is 6.33 Å². The number of hydrogen-bond acceptors (Lipinski definition) is 3. The van der Waals surface area contributed by atoms with Crippen LogP contribution in [0.2, 0.25) is 5.02 Å². The van der Waals surface area contributed by atoms with Gasteiger partial charge >= 0.3 is 0 Å². The molecule has 0 saturated heterocycles. The fraction of sp³-hybridized carbons (Fsp3) is 0.167. The Kier molecular flexibility index (Phi) is 3.77. The maximum atomic E-state index is 11.2. The molecule has 0 fully saturated rings. The second kappa shape index (κ2) is 5.50. The van der Waals surface area contributed by atoms with Crippen LogP contribution in [0.15, 0.2) is 41.5 Å². The third-order valence-electron chi connectivity index (χ3n) is 2.35. The summed E-state index contributed by atoms with van der Waals surface area (Å²) < 4.78 is 0. The summed E-state index contributed by atoms with van der Waals surface area (Å²) in [5.74, 6) is 0.423. The molecule has 0 aliphatic carbocycles. The summed E-state index contributed by atoms with van der Waals surface area (Å²) in [6.45, 7) is 0.681. The van der Waals surface area contributed by atoms with Gasteiger partial charge in [0.25, 0.3) is 5.56 Å². The number of H-pyrrole nitrogens is 1. The second-order valence-electron chi connectivity index (χ2n) is 3.56. The maximum Gasteiger partial charge on any atom is 0.271 e. The number of nitrogens with zero attached hydrogens (tertiary/aromatic N) is 1. The van der Waals surface area contributed by atoms with E-state index in [1.165, 1.54) is 11.9 Å². The van der Waals surface area contributed by atoms with Gasteiger partial charge in [-0.15, -0.1) is 0 Å². The zero-order valence-corrected chi connectivity index (χ0v) is 9.87. The molecule has 0 spiro atoms. The van der Waals surface area contributed by atoms with E-state index in [0.717, 1.165) is 6.42 Å². The smallest absolute Gasteiger partial charge is 0.271 e. The van der Waals surface area contributed by atoms with Crippen molar-refractivity contribution < 1.29 is 0 Å². The largest absolute Gasteiger partial charge is 0.368 e. The molecule has 88 valence electrons. The summed E-state index contributed by atoms with van der Waals surface area (Å²) in [7, 11) is 0. The van der Waals surface area contributed by atoms with Crippen molar-refractivity contribution in [2.45, 2.75) is 6.42 Å². The van der Waals surface area contributed by atoms with Crippen LogP contribution in [0.1, 0.15) is 5.56 Å². The van der Waals surface area contributed by atoms with Gasteiger partial charge in [0.2, 0.25) is 0 Å². The van der Waals surface area contributed by atoms with Crippen molar-refractivity contribution in [2.24, 2.45) is 0 Å². The number of nitrogens with one attached hydrogen (secondary N) is 2. The van der Waals surface area contributed by atoms with Crippen molar-refractivity contribution in [3.05, 3.63) is 57.6 Å². The molecule has 1 heterocycles. The van der Waals surface area contributed by atoms with Gasteiger partial charge in [-0.05, 0) is 12.0 Å². The van der Waals surface area contributed by atoms with Gasteiger partial charge in [-0.25, -0.2) is 4.98 Å². The highest BCUT2D eigenvalue weighted by Gasteiger charge is 2.04. The topological polar surface area (TPSA) is 57.8 Å². The zero-order chi connectivity index (χ0) is 12.1. The monoisotopic (exact) mass is 249 g/mol. The van der Waals surface area contributed by atoms with Crippen molar-refractivity contribution in [3.63, 3.8) is 0 Å². The lowest BCUT2D eigenvalue weighted by Crippen LogP contribution is -2.13. The standard InChI is InChI=1S/C12H12ClN3O/c13-10-11(15-8-16-12(10)17)14-7-6-9-4-2-1-3-5-9/h1-5,8H,6-7H2,(H2,14,15,16,17). The third-order valence-corrected chi connectivity index (χ3v) is 2.70. The molecular formula is C12H12ClN3O. The lowest BCUT2D eigenvalue weighted by Gasteiger charge is -2.06. The van der Waals surface area contributed by atoms with Crippen LogP contribution >= 0.6 is 11.6 Å². The molecule has 1 aromatic heterocycles. The lowest BCUT2D eigenvalue weighted by atomic mass is 10.1. The van der Waals surface area contributed by atoms with Crippen molar-refractivity contribution in [1.82, 2.24) is 9.97 Å². The summed E-state index contributed by atoms with van der Waals surface area (Å²) in [5, 5.41) is 3.14. The molecule has 2 rings (SSSR count). The Labute approximate surface area is 104 Å². The molecule has 2 N–H and O–H groups in total. The molecule has 0 unspecified atom stereocenters. The molecule has 0 bridgehead atoms. The van der Waals surface area contributed by atoms with Gasteiger partial charge < -0.3 is 10.3 Å². The number of rotatable bonds is 4. The van der Waals surface area contributed by atoms with E-state index < -0.39 is 0 Å². The Morgan fingerprint density at radius 3 is 2.82 bits per heavy atom. The van der Waals surface area contributed by atoms with Crippen LogP contribution < -0.4 is 10.9 Å². The number of anilines is 1. The molecular weight excluding hydrogens is 238 g/mol. The minimum atomic E-state index is -0.330. The molecule has 0 saturated carbocycles. The van der Waals surface area contributed by atoms with Crippen LogP contribution in [0.4, 0.5) is 5.82 Å². The Morgan fingerprint density at radius 1 is 1.29 bits per heavy atom. The summed E-state index contributed by atoms with van der Waals surface area (Å²) in [4.78, 5) is 17.6. The van der Waals surface area contributed by atoms with Crippen LogP contribution in [0.25, 0.3) is 0 Å². The fourth-order valence-corrected chi connectivity index (χ4v) is 1.65. The van der Waals surface area contributed by atoms with E-state index in [9.17, 15) is 4.79 Å². The number of aromatic amines is 1. The van der Waals surface area contributed by atoms with E-state index in [0.29, 0.717) is 12.4 Å². The molecule has 17 heavy (non-hydrogen) atoms. The first-order valence-corrected chi connectivity index (χ1v) is 5.66. The summed E-state index contributed by atoms with van der Waals surface area (Å²) in [6.07, 6.45) is 2.19. The Morgan fingerprint density at radius 2 is 2.06 bits per heavy atom. The maximum absolute atomic E-state index is 11.2. The quantitative estimate of drug-likeness (QED) is 0.872. The van der Waals surface area contributed by atoms with Crippen LogP contribution in [-0.2, 0) is 6.42 Å². The van der Waals surface area contributed by atoms with Crippen molar-refractivity contribution in [1.29, 1.82) is 0 Å². The number of halogens is 1. The lowest BCUT2D eigenvalue weighted by molar-refractivity contribution is 0.994. The van der Waals surface area contributed by atoms with Crippen LogP contribution in [0.3, 0.4) is 0 Å². The number of hydrogen-bond donors (Lipinski definition) is 2. The van der Waals surface area contributed by atoms with Crippen LogP contribution in [0, 0.1) is 0 Å². The van der Waals surface area contributed by atoms with Crippen molar-refractivity contribution in [2.75, 3.05) is 11.9 Å². The molecule has 0 aliphatic heterocycles. The summed E-state index contributed by atoms with van der Waals surface area (Å²) in [6, 6.07) is 10.1. The Balaban J connectivity index is 1.95. The van der Waals surface area contributed by atoms with Gasteiger partial charge in [-0.2, -0.15) is 0 Å². The van der Waals surface area contributed by atoms with Gasteiger partial charge in [-0.1, -0.05) is 41.9 Å². The van der Waals surface area contributed by atoms with Crippen molar-refractivity contribution in [3.8, 4) is 0 Å². The van der Waals surface area contributed by atoms with Gasteiger partial charge in [0, 0.05) is 6.54 Å². The average molecular weight is 250 g/mol. The highest BCUT2D eigenvalue weighted by Crippen LogP contribution is 2.11. The number of benzene rings is 1. The minimum absolute atomic E-state index is 0.0977. The SMILES string of the molecule is O=c1[nH]cnc(NCCc2ccccc2)c1Cl. The fourth-order valence-electron chi connectivity index (χ4n) is 1.48. The normalized spacial score (nSPS) is 10.2. The summed E-state index contributed by atoms with van der Waals surface area (Å²) >= 11 is 5.81. The molecule has 0 aliphatic rings. The highest BCUT2D eigenvalue weighted by atomic mass is 35.5. The molecule has 2 aromatic rings.